The summed E-state index contributed by atoms with van der Waals surface area (Å²) in [6, 6.07) is 6.74. The first-order chi connectivity index (χ1) is 11.5. The largest absolute Gasteiger partial charge is 0.497 e. The molecule has 0 spiro atoms. The Morgan fingerprint density at radius 3 is 2.62 bits per heavy atom. The van der Waals surface area contributed by atoms with Gasteiger partial charge in [-0.3, -0.25) is 4.79 Å². The molecule has 2 aromatic rings. The van der Waals surface area contributed by atoms with Crippen molar-refractivity contribution in [1.29, 1.82) is 0 Å². The molecule has 0 unspecified atom stereocenters. The summed E-state index contributed by atoms with van der Waals surface area (Å²) in [5.41, 5.74) is 0.712. The first-order valence-corrected chi connectivity index (χ1v) is 8.35. The lowest BCUT2D eigenvalue weighted by Crippen LogP contribution is -2.43. The lowest BCUT2D eigenvalue weighted by Gasteiger charge is -2.35. The molecular formula is C19H23NO4. The summed E-state index contributed by atoms with van der Waals surface area (Å²) in [6.07, 6.45) is 1.37. The Kier molecular flexibility index (Phi) is 4.60. The Labute approximate surface area is 141 Å². The van der Waals surface area contributed by atoms with Gasteiger partial charge >= 0.3 is 5.63 Å². The molecule has 24 heavy (non-hydrogen) atoms. The standard InChI is InChI=1S/C19H23NO4/c1-12-6-13(2)11-20(10-12)18(21)7-14-8-19(22)24-17-9-15(23-3)4-5-16(14)17/h4-5,8-9,12-13H,6-7,10-11H2,1-3H3/t12-,13-/m1/s1. The van der Waals surface area contributed by atoms with Gasteiger partial charge in [0.2, 0.25) is 5.91 Å². The van der Waals surface area contributed by atoms with Crippen molar-refractivity contribution in [2.45, 2.75) is 26.7 Å². The van der Waals surface area contributed by atoms with Crippen LogP contribution < -0.4 is 10.4 Å². The van der Waals surface area contributed by atoms with E-state index in [2.05, 4.69) is 13.8 Å². The average molecular weight is 329 g/mol. The zero-order valence-corrected chi connectivity index (χ0v) is 14.4. The second kappa shape index (κ2) is 6.67. The van der Waals surface area contributed by atoms with Crippen molar-refractivity contribution in [3.05, 3.63) is 40.2 Å². The molecule has 1 amide bonds. The number of benzene rings is 1. The summed E-state index contributed by atoms with van der Waals surface area (Å²) in [6.45, 7) is 5.93. The van der Waals surface area contributed by atoms with E-state index in [4.69, 9.17) is 9.15 Å². The molecule has 2 heterocycles. The Bertz CT molecular complexity index is 801. The number of nitrogens with zero attached hydrogens (tertiary/aromatic N) is 1. The van der Waals surface area contributed by atoms with Crippen LogP contribution >= 0.6 is 0 Å². The summed E-state index contributed by atoms with van der Waals surface area (Å²) < 4.78 is 10.4. The molecule has 1 saturated heterocycles. The molecule has 0 aliphatic carbocycles. The van der Waals surface area contributed by atoms with Crippen LogP contribution in [0.1, 0.15) is 25.8 Å². The fourth-order valence-electron chi connectivity index (χ4n) is 3.62. The van der Waals surface area contributed by atoms with Crippen molar-refractivity contribution in [2.75, 3.05) is 20.2 Å². The maximum Gasteiger partial charge on any atom is 0.336 e. The average Bonchev–Trinajstić information content (AvgIpc) is 2.53. The number of ether oxygens (including phenoxy) is 1. The number of carbonyl (C=O) groups excluding carboxylic acids is 1. The van der Waals surface area contributed by atoms with Crippen LogP contribution in [-0.2, 0) is 11.2 Å². The molecule has 2 atom stereocenters. The van der Waals surface area contributed by atoms with E-state index in [-0.39, 0.29) is 12.3 Å². The SMILES string of the molecule is COc1ccc2c(CC(=O)N3C[C@H](C)C[C@@H](C)C3)cc(=O)oc2c1. The molecule has 0 N–H and O–H groups in total. The van der Waals surface area contributed by atoms with E-state index in [1.54, 1.807) is 19.2 Å². The van der Waals surface area contributed by atoms with E-state index in [0.717, 1.165) is 24.9 Å². The Morgan fingerprint density at radius 1 is 1.25 bits per heavy atom. The highest BCUT2D eigenvalue weighted by molar-refractivity contribution is 5.87. The smallest absolute Gasteiger partial charge is 0.336 e. The van der Waals surface area contributed by atoms with E-state index < -0.39 is 5.63 Å². The van der Waals surface area contributed by atoms with Gasteiger partial charge in [-0.2, -0.15) is 0 Å². The number of hydrogen-bond acceptors (Lipinski definition) is 4. The molecule has 0 radical (unpaired) electrons. The zero-order valence-electron chi connectivity index (χ0n) is 14.4. The lowest BCUT2D eigenvalue weighted by molar-refractivity contribution is -0.133. The quantitative estimate of drug-likeness (QED) is 0.813. The van der Waals surface area contributed by atoms with E-state index >= 15 is 0 Å². The van der Waals surface area contributed by atoms with Gasteiger partial charge in [0.15, 0.2) is 0 Å². The predicted octanol–water partition coefficient (Wildman–Crippen LogP) is 2.85. The van der Waals surface area contributed by atoms with E-state index in [0.29, 0.717) is 28.7 Å². The van der Waals surface area contributed by atoms with Gasteiger partial charge in [-0.1, -0.05) is 13.8 Å². The van der Waals surface area contributed by atoms with Crippen molar-refractivity contribution in [2.24, 2.45) is 11.8 Å². The van der Waals surface area contributed by atoms with Gasteiger partial charge < -0.3 is 14.1 Å². The molecule has 5 heteroatoms. The summed E-state index contributed by atoms with van der Waals surface area (Å²) in [5.74, 6) is 1.71. The number of carbonyl (C=O) groups is 1. The fourth-order valence-corrected chi connectivity index (χ4v) is 3.62. The predicted molar refractivity (Wildman–Crippen MR) is 92.3 cm³/mol. The topological polar surface area (TPSA) is 59.8 Å². The van der Waals surface area contributed by atoms with Gasteiger partial charge in [0.05, 0.1) is 13.5 Å². The molecule has 3 rings (SSSR count). The third-order valence-electron chi connectivity index (χ3n) is 4.60. The maximum absolute atomic E-state index is 12.7. The highest BCUT2D eigenvalue weighted by Gasteiger charge is 2.25. The summed E-state index contributed by atoms with van der Waals surface area (Å²) >= 11 is 0. The molecular weight excluding hydrogens is 306 g/mol. The van der Waals surface area contributed by atoms with Crippen molar-refractivity contribution in [3.8, 4) is 5.75 Å². The van der Waals surface area contributed by atoms with Gasteiger partial charge in [0, 0.05) is 30.6 Å². The Balaban J connectivity index is 1.89. The minimum absolute atomic E-state index is 0.0659. The summed E-state index contributed by atoms with van der Waals surface area (Å²) in [4.78, 5) is 26.5. The van der Waals surface area contributed by atoms with Crippen molar-refractivity contribution < 1.29 is 13.9 Å². The molecule has 1 aromatic carbocycles. The van der Waals surface area contributed by atoms with Crippen LogP contribution in [0.4, 0.5) is 0 Å². The molecule has 128 valence electrons. The number of hydrogen-bond donors (Lipinski definition) is 0. The van der Waals surface area contributed by atoms with Crippen LogP contribution in [0.5, 0.6) is 5.75 Å². The van der Waals surface area contributed by atoms with Gasteiger partial charge in [-0.05, 0) is 36.0 Å². The summed E-state index contributed by atoms with van der Waals surface area (Å²) in [5, 5.41) is 0.779. The minimum atomic E-state index is -0.445. The molecule has 1 aromatic heterocycles. The lowest BCUT2D eigenvalue weighted by atomic mass is 9.91. The zero-order chi connectivity index (χ0) is 17.3. The molecule has 1 aliphatic heterocycles. The van der Waals surface area contributed by atoms with Gasteiger partial charge in [0.25, 0.3) is 0 Å². The van der Waals surface area contributed by atoms with Crippen LogP contribution in [-0.4, -0.2) is 31.0 Å². The minimum Gasteiger partial charge on any atom is -0.497 e. The number of methoxy groups -OCH3 is 1. The van der Waals surface area contributed by atoms with E-state index in [1.165, 1.54) is 6.07 Å². The first kappa shape index (κ1) is 16.6. The molecule has 1 fully saturated rings. The van der Waals surface area contributed by atoms with Crippen molar-refractivity contribution in [3.63, 3.8) is 0 Å². The highest BCUT2D eigenvalue weighted by atomic mass is 16.5. The van der Waals surface area contributed by atoms with Crippen LogP contribution in [0, 0.1) is 11.8 Å². The molecule has 0 saturated carbocycles. The molecule has 0 bridgehead atoms. The van der Waals surface area contributed by atoms with Crippen LogP contribution in [0.25, 0.3) is 11.0 Å². The van der Waals surface area contributed by atoms with Gasteiger partial charge in [-0.25, -0.2) is 4.79 Å². The fraction of sp³-hybridized carbons (Fsp3) is 0.474. The third-order valence-corrected chi connectivity index (χ3v) is 4.60. The second-order valence-corrected chi connectivity index (χ2v) is 6.87. The Morgan fingerprint density at radius 2 is 1.96 bits per heavy atom. The number of rotatable bonds is 3. The van der Waals surface area contributed by atoms with Crippen LogP contribution in [0.2, 0.25) is 0 Å². The monoisotopic (exact) mass is 329 g/mol. The normalized spacial score (nSPS) is 21.0. The molecule has 5 nitrogen and oxygen atoms in total. The van der Waals surface area contributed by atoms with Crippen molar-refractivity contribution in [1.82, 2.24) is 4.90 Å². The third kappa shape index (κ3) is 3.45. The number of likely N-dealkylation sites (tertiary alicyclic amines) is 1. The summed E-state index contributed by atoms with van der Waals surface area (Å²) in [7, 11) is 1.56. The second-order valence-electron chi connectivity index (χ2n) is 6.87. The van der Waals surface area contributed by atoms with Gasteiger partial charge in [-0.15, -0.1) is 0 Å². The molecule has 1 aliphatic rings. The number of fused-ring (bicyclic) bond motifs is 1. The first-order valence-electron chi connectivity index (χ1n) is 8.35. The van der Waals surface area contributed by atoms with Crippen molar-refractivity contribution >= 4 is 16.9 Å². The van der Waals surface area contributed by atoms with E-state index in [1.807, 2.05) is 11.0 Å². The van der Waals surface area contributed by atoms with Gasteiger partial charge in [0.1, 0.15) is 11.3 Å². The van der Waals surface area contributed by atoms with Crippen LogP contribution in [0.15, 0.2) is 33.5 Å². The Hall–Kier alpha value is -2.30. The van der Waals surface area contributed by atoms with E-state index in [9.17, 15) is 9.59 Å². The number of amides is 1. The van der Waals surface area contributed by atoms with Crippen LogP contribution in [0.3, 0.4) is 0 Å². The highest BCUT2D eigenvalue weighted by Crippen LogP contribution is 2.25. The maximum atomic E-state index is 12.7. The number of piperidine rings is 1.